The fourth-order valence-electron chi connectivity index (χ4n) is 3.42. The summed E-state index contributed by atoms with van der Waals surface area (Å²) in [6.07, 6.45) is 0. The van der Waals surface area contributed by atoms with Crippen molar-refractivity contribution in [3.05, 3.63) is 64.3 Å². The van der Waals surface area contributed by atoms with E-state index in [-0.39, 0.29) is 16.5 Å². The van der Waals surface area contributed by atoms with Crippen LogP contribution in [-0.4, -0.2) is 54.4 Å². The average molecular weight is 559 g/mol. The molecule has 2 amide bonds. The van der Waals surface area contributed by atoms with Crippen molar-refractivity contribution in [1.82, 2.24) is 9.55 Å². The first kappa shape index (κ1) is 26.4. The predicted octanol–water partition coefficient (Wildman–Crippen LogP) is 2.79. The van der Waals surface area contributed by atoms with E-state index in [1.54, 1.807) is 11.4 Å². The van der Waals surface area contributed by atoms with Crippen LogP contribution in [0.5, 0.6) is 0 Å². The molecular formula is C24H22N4O6S3. The molecule has 192 valence electrons. The molecule has 0 atom stereocenters. The first-order valence-electron chi connectivity index (χ1n) is 10.9. The maximum Gasteiger partial charge on any atom is 0.325 e. The molecule has 37 heavy (non-hydrogen) atoms. The Morgan fingerprint density at radius 3 is 2.59 bits per heavy atom. The molecule has 0 fully saturated rings. The third-order valence-corrected chi connectivity index (χ3v) is 8.28. The number of hydrogen-bond donors (Lipinski definition) is 1. The molecule has 0 aliphatic carbocycles. The van der Waals surface area contributed by atoms with Crippen LogP contribution in [0.4, 0.5) is 5.13 Å². The number of sulfone groups is 1. The third kappa shape index (κ3) is 6.76. The summed E-state index contributed by atoms with van der Waals surface area (Å²) in [7, 11) is -2.87. The van der Waals surface area contributed by atoms with Gasteiger partial charge in [0.1, 0.15) is 18.1 Å². The number of aryl methyl sites for hydroxylation is 1. The summed E-state index contributed by atoms with van der Waals surface area (Å²) in [4.78, 5) is 45.2. The summed E-state index contributed by atoms with van der Waals surface area (Å²) < 4.78 is 32.1. The van der Waals surface area contributed by atoms with Crippen LogP contribution in [-0.2, 0) is 35.5 Å². The highest BCUT2D eigenvalue weighted by atomic mass is 32.2. The zero-order valence-corrected chi connectivity index (χ0v) is 22.3. The van der Waals surface area contributed by atoms with Crippen molar-refractivity contribution < 1.29 is 27.5 Å². The van der Waals surface area contributed by atoms with Gasteiger partial charge in [-0.3, -0.25) is 14.4 Å². The second kappa shape index (κ2) is 11.2. The molecule has 0 saturated carbocycles. The monoisotopic (exact) mass is 558 g/mol. The molecule has 13 heteroatoms. The van der Waals surface area contributed by atoms with E-state index in [0.717, 1.165) is 38.5 Å². The number of nitrogens with zero attached hydrogens (tertiary/aromatic N) is 3. The van der Waals surface area contributed by atoms with Crippen molar-refractivity contribution >= 4 is 65.6 Å². The fourth-order valence-corrected chi connectivity index (χ4v) is 6.31. The van der Waals surface area contributed by atoms with E-state index in [9.17, 15) is 22.8 Å². The lowest BCUT2D eigenvalue weighted by Gasteiger charge is -2.04. The van der Waals surface area contributed by atoms with Crippen LogP contribution in [0.2, 0.25) is 0 Å². The molecule has 0 aliphatic heterocycles. The number of thiazole rings is 2. The van der Waals surface area contributed by atoms with Crippen molar-refractivity contribution in [2.45, 2.75) is 13.5 Å². The summed E-state index contributed by atoms with van der Waals surface area (Å²) in [5, 5.41) is 4.46. The highest BCUT2D eigenvalue weighted by Gasteiger charge is 2.22. The lowest BCUT2D eigenvalue weighted by atomic mass is 10.2. The Kier molecular flexibility index (Phi) is 7.95. The minimum absolute atomic E-state index is 0.159. The number of methoxy groups -OCH3 is 1. The predicted molar refractivity (Wildman–Crippen MR) is 142 cm³/mol. The summed E-state index contributed by atoms with van der Waals surface area (Å²) in [5.74, 6) is -4.16. The normalized spacial score (nSPS) is 12.0. The molecule has 4 aromatic rings. The van der Waals surface area contributed by atoms with Crippen LogP contribution >= 0.6 is 22.7 Å². The van der Waals surface area contributed by atoms with Crippen LogP contribution in [0.15, 0.2) is 58.9 Å². The summed E-state index contributed by atoms with van der Waals surface area (Å²) in [5.41, 5.74) is 3.14. The van der Waals surface area contributed by atoms with Crippen LogP contribution in [0, 0.1) is 6.92 Å². The fraction of sp³-hybridized carbons (Fsp3) is 0.208. The Morgan fingerprint density at radius 2 is 1.86 bits per heavy atom. The van der Waals surface area contributed by atoms with Gasteiger partial charge in [0, 0.05) is 10.9 Å². The molecule has 2 heterocycles. The number of benzene rings is 2. The number of fused-ring (bicyclic) bond motifs is 1. The Hall–Kier alpha value is -3.68. The number of amides is 2. The quantitative estimate of drug-likeness (QED) is 0.328. The molecule has 1 N–H and O–H groups in total. The number of esters is 1. The third-order valence-electron chi connectivity index (χ3n) is 5.09. The van der Waals surface area contributed by atoms with Crippen LogP contribution in [0.3, 0.4) is 0 Å². The largest absolute Gasteiger partial charge is 0.468 e. The zero-order chi connectivity index (χ0) is 26.6. The van der Waals surface area contributed by atoms with Crippen molar-refractivity contribution in [3.8, 4) is 11.3 Å². The van der Waals surface area contributed by atoms with E-state index >= 15 is 0 Å². The summed E-state index contributed by atoms with van der Waals surface area (Å²) >= 11 is 2.31. The first-order valence-corrected chi connectivity index (χ1v) is 14.4. The van der Waals surface area contributed by atoms with Crippen molar-refractivity contribution in [1.29, 1.82) is 0 Å². The standard InChI is InChI=1S/C24H22N4O6S3/c1-15-8-9-18-19(10-15)36-24(28(18)11-22(31)34-2)27-21(30)14-37(32,33)13-20(29)26-23-25-17(12-35-23)16-6-4-3-5-7-16/h3-10,12H,11,13-14H2,1-2H3,(H,25,26,29). The topological polar surface area (TPSA) is 137 Å². The average Bonchev–Trinajstić information content (AvgIpc) is 3.42. The smallest absolute Gasteiger partial charge is 0.325 e. The Labute approximate surface area is 220 Å². The number of hydrogen-bond acceptors (Lipinski definition) is 9. The first-order chi connectivity index (χ1) is 17.6. The number of rotatable bonds is 8. The zero-order valence-electron chi connectivity index (χ0n) is 19.8. The lowest BCUT2D eigenvalue weighted by molar-refractivity contribution is -0.141. The molecule has 0 spiro atoms. The highest BCUT2D eigenvalue weighted by molar-refractivity contribution is 7.92. The van der Waals surface area contributed by atoms with Gasteiger partial charge in [-0.1, -0.05) is 47.7 Å². The van der Waals surface area contributed by atoms with Gasteiger partial charge >= 0.3 is 5.97 Å². The van der Waals surface area contributed by atoms with Crippen molar-refractivity contribution in [2.75, 3.05) is 23.9 Å². The van der Waals surface area contributed by atoms with Crippen LogP contribution in [0.1, 0.15) is 5.56 Å². The molecule has 2 aromatic carbocycles. The van der Waals surface area contributed by atoms with Gasteiger partial charge in [0.2, 0.25) is 5.91 Å². The molecule has 2 aromatic heterocycles. The molecule has 0 bridgehead atoms. The molecular weight excluding hydrogens is 536 g/mol. The van der Waals surface area contributed by atoms with E-state index in [1.165, 1.54) is 11.7 Å². The van der Waals surface area contributed by atoms with Gasteiger partial charge in [-0.15, -0.1) is 11.3 Å². The molecule has 0 saturated heterocycles. The molecule has 0 radical (unpaired) electrons. The summed E-state index contributed by atoms with van der Waals surface area (Å²) in [6, 6.07) is 14.8. The Bertz CT molecular complexity index is 1650. The lowest BCUT2D eigenvalue weighted by Crippen LogP contribution is -2.28. The van der Waals surface area contributed by atoms with Gasteiger partial charge < -0.3 is 14.6 Å². The van der Waals surface area contributed by atoms with E-state index in [0.29, 0.717) is 11.2 Å². The molecule has 0 aliphatic rings. The summed E-state index contributed by atoms with van der Waals surface area (Å²) in [6.45, 7) is 1.71. The van der Waals surface area contributed by atoms with Gasteiger partial charge in [0.05, 0.1) is 23.0 Å². The van der Waals surface area contributed by atoms with Gasteiger partial charge in [-0.25, -0.2) is 13.4 Å². The maximum absolute atomic E-state index is 12.6. The minimum atomic E-state index is -4.12. The molecule has 4 rings (SSSR count). The van der Waals surface area contributed by atoms with Gasteiger partial charge in [0.25, 0.3) is 5.91 Å². The molecule has 0 unspecified atom stereocenters. The van der Waals surface area contributed by atoms with Crippen LogP contribution < -0.4 is 10.1 Å². The number of carbonyl (C=O) groups is 3. The van der Waals surface area contributed by atoms with Crippen LogP contribution in [0.25, 0.3) is 21.5 Å². The van der Waals surface area contributed by atoms with E-state index < -0.39 is 39.1 Å². The number of ether oxygens (including phenoxy) is 1. The van der Waals surface area contributed by atoms with E-state index in [2.05, 4.69) is 15.3 Å². The SMILES string of the molecule is COC(=O)Cn1c(=NC(=O)CS(=O)(=O)CC(=O)Nc2nc(-c3ccccc3)cs2)sc2cc(C)ccc21. The number of anilines is 1. The molecule has 10 nitrogen and oxygen atoms in total. The highest BCUT2D eigenvalue weighted by Crippen LogP contribution is 2.24. The number of aromatic nitrogens is 2. The maximum atomic E-state index is 12.6. The van der Waals surface area contributed by atoms with Gasteiger partial charge in [-0.2, -0.15) is 4.99 Å². The van der Waals surface area contributed by atoms with Crippen molar-refractivity contribution in [3.63, 3.8) is 0 Å². The van der Waals surface area contributed by atoms with E-state index in [4.69, 9.17) is 4.74 Å². The van der Waals surface area contributed by atoms with E-state index in [1.807, 2.05) is 49.4 Å². The Balaban J connectivity index is 1.47. The Morgan fingerprint density at radius 1 is 1.11 bits per heavy atom. The number of carbonyl (C=O) groups excluding carboxylic acids is 3. The van der Waals surface area contributed by atoms with Gasteiger partial charge in [0.15, 0.2) is 19.8 Å². The van der Waals surface area contributed by atoms with Gasteiger partial charge in [-0.05, 0) is 24.6 Å². The minimum Gasteiger partial charge on any atom is -0.468 e. The number of nitrogens with one attached hydrogen (secondary N) is 1. The van der Waals surface area contributed by atoms with Crippen molar-refractivity contribution in [2.24, 2.45) is 4.99 Å². The second-order valence-electron chi connectivity index (χ2n) is 8.01. The second-order valence-corrected chi connectivity index (χ2v) is 11.9.